The summed E-state index contributed by atoms with van der Waals surface area (Å²) < 4.78 is 43.2. The lowest BCUT2D eigenvalue weighted by molar-refractivity contribution is -0.274. The second-order valence-electron chi connectivity index (χ2n) is 9.22. The van der Waals surface area contributed by atoms with Crippen LogP contribution in [-0.4, -0.2) is 23.0 Å². The van der Waals surface area contributed by atoms with E-state index in [9.17, 15) is 28.3 Å². The topological polar surface area (TPSA) is 76.8 Å². The van der Waals surface area contributed by atoms with Crippen molar-refractivity contribution in [3.8, 4) is 11.8 Å². The van der Waals surface area contributed by atoms with Crippen LogP contribution in [0, 0.1) is 18.3 Å². The van der Waals surface area contributed by atoms with E-state index in [2.05, 4.69) is 4.74 Å². The number of alkyl halides is 3. The summed E-state index contributed by atoms with van der Waals surface area (Å²) in [4.78, 5) is 16.8. The third-order valence-corrected chi connectivity index (χ3v) is 6.70. The van der Waals surface area contributed by atoms with Gasteiger partial charge in [0.05, 0.1) is 17.2 Å². The summed E-state index contributed by atoms with van der Waals surface area (Å²) >= 11 is 0. The van der Waals surface area contributed by atoms with Crippen molar-refractivity contribution in [2.45, 2.75) is 51.2 Å². The van der Waals surface area contributed by atoms with Crippen LogP contribution in [0.1, 0.15) is 43.4 Å². The third-order valence-electron chi connectivity index (χ3n) is 6.70. The van der Waals surface area contributed by atoms with E-state index < -0.39 is 29.4 Å². The average molecular weight is 510 g/mol. The van der Waals surface area contributed by atoms with Crippen molar-refractivity contribution in [2.24, 2.45) is 0 Å². The summed E-state index contributed by atoms with van der Waals surface area (Å²) in [5.41, 5.74) is -1.22. The number of nitrogens with zero attached hydrogens (tertiary/aromatic N) is 3. The van der Waals surface area contributed by atoms with Crippen molar-refractivity contribution >= 4 is 17.4 Å². The molecule has 4 rings (SSSR count). The van der Waals surface area contributed by atoms with Crippen LogP contribution in [0.4, 0.5) is 29.3 Å². The number of carbonyl (C=O) groups excluding carboxylic acids is 1. The van der Waals surface area contributed by atoms with Crippen molar-refractivity contribution in [2.75, 3.05) is 9.80 Å². The number of halogens is 3. The predicted octanol–water partition coefficient (Wildman–Crippen LogP) is 6.62. The van der Waals surface area contributed by atoms with Gasteiger partial charge in [-0.3, -0.25) is 9.80 Å². The van der Waals surface area contributed by atoms with Crippen LogP contribution in [0.5, 0.6) is 5.75 Å². The van der Waals surface area contributed by atoms with Crippen LogP contribution in [0.3, 0.4) is 0 Å². The number of hydrogen-bond acceptors (Lipinski definition) is 4. The molecule has 192 valence electrons. The van der Waals surface area contributed by atoms with Crippen LogP contribution in [-0.2, 0) is 5.72 Å². The highest BCUT2D eigenvalue weighted by molar-refractivity contribution is 6.09. The monoisotopic (exact) mass is 509 g/mol. The van der Waals surface area contributed by atoms with Crippen LogP contribution in [0.15, 0.2) is 72.8 Å². The largest absolute Gasteiger partial charge is 0.573 e. The zero-order valence-corrected chi connectivity index (χ0v) is 20.6. The smallest absolute Gasteiger partial charge is 0.406 e. The minimum absolute atomic E-state index is 0.0533. The van der Waals surface area contributed by atoms with Gasteiger partial charge in [-0.1, -0.05) is 43.2 Å². The van der Waals surface area contributed by atoms with Crippen molar-refractivity contribution in [3.63, 3.8) is 0 Å². The van der Waals surface area contributed by atoms with Gasteiger partial charge in [0.25, 0.3) is 0 Å². The highest BCUT2D eigenvalue weighted by Crippen LogP contribution is 2.53. The lowest BCUT2D eigenvalue weighted by Crippen LogP contribution is -2.58. The van der Waals surface area contributed by atoms with Crippen molar-refractivity contribution in [1.29, 1.82) is 5.26 Å². The summed E-state index contributed by atoms with van der Waals surface area (Å²) in [5.74, 6) is -0.515. The Bertz CT molecular complexity index is 1340. The standard InChI is InChI=1S/C28H26F3N3O3/c1-4-16-26(3)27(36,21-6-5-7-24(17-21)37-28(29,30)31)34(23-14-10-20(18-32)11-15-23)25(35)33(26)22-12-8-19(2)9-13-22/h5-15,17,36H,4,16H2,1-3H3/t26-,27?/m0/s1. The van der Waals surface area contributed by atoms with Crippen LogP contribution in [0.2, 0.25) is 0 Å². The Morgan fingerprint density at radius 1 is 1.00 bits per heavy atom. The molecule has 1 N–H and O–H groups in total. The molecule has 1 fully saturated rings. The Morgan fingerprint density at radius 3 is 2.16 bits per heavy atom. The Hall–Kier alpha value is -4.03. The number of ether oxygens (including phenoxy) is 1. The lowest BCUT2D eigenvalue weighted by atomic mass is 9.78. The summed E-state index contributed by atoms with van der Waals surface area (Å²) in [5, 5.41) is 21.8. The van der Waals surface area contributed by atoms with Gasteiger partial charge in [0.2, 0.25) is 0 Å². The molecule has 1 saturated heterocycles. The van der Waals surface area contributed by atoms with Gasteiger partial charge in [0.1, 0.15) is 5.75 Å². The zero-order chi connectivity index (χ0) is 27.0. The minimum Gasteiger partial charge on any atom is -0.406 e. The molecule has 0 bridgehead atoms. The number of amides is 2. The number of hydrogen-bond donors (Lipinski definition) is 1. The molecular weight excluding hydrogens is 483 g/mol. The van der Waals surface area contributed by atoms with Crippen molar-refractivity contribution < 1.29 is 27.8 Å². The maximum atomic E-state index is 14.2. The second-order valence-corrected chi connectivity index (χ2v) is 9.22. The van der Waals surface area contributed by atoms with E-state index in [1.807, 2.05) is 32.0 Å². The van der Waals surface area contributed by atoms with E-state index in [-0.39, 0.29) is 11.3 Å². The molecule has 3 aromatic rings. The first-order valence-electron chi connectivity index (χ1n) is 11.7. The SMILES string of the molecule is CCC[C@]1(C)N(c2ccc(C)cc2)C(=O)N(c2ccc(C#N)cc2)C1(O)c1cccc(OC(F)(F)F)c1. The van der Waals surface area contributed by atoms with Crippen molar-refractivity contribution in [1.82, 2.24) is 0 Å². The molecule has 1 heterocycles. The predicted molar refractivity (Wildman–Crippen MR) is 133 cm³/mol. The van der Waals surface area contributed by atoms with Gasteiger partial charge < -0.3 is 9.84 Å². The molecule has 9 heteroatoms. The summed E-state index contributed by atoms with van der Waals surface area (Å²) in [7, 11) is 0. The van der Waals surface area contributed by atoms with E-state index >= 15 is 0 Å². The second kappa shape index (κ2) is 9.45. The molecule has 0 saturated carbocycles. The Morgan fingerprint density at radius 2 is 1.59 bits per heavy atom. The van der Waals surface area contributed by atoms with Gasteiger partial charge in [0.15, 0.2) is 5.72 Å². The Labute approximate surface area is 213 Å². The third kappa shape index (κ3) is 4.49. The molecule has 1 unspecified atom stereocenters. The number of aryl methyl sites for hydroxylation is 1. The highest BCUT2D eigenvalue weighted by Gasteiger charge is 2.65. The lowest BCUT2D eigenvalue weighted by Gasteiger charge is -2.45. The number of urea groups is 1. The van der Waals surface area contributed by atoms with Crippen LogP contribution >= 0.6 is 0 Å². The van der Waals surface area contributed by atoms with E-state index in [1.54, 1.807) is 19.1 Å². The quantitative estimate of drug-likeness (QED) is 0.405. The van der Waals surface area contributed by atoms with Gasteiger partial charge in [0, 0.05) is 16.9 Å². The van der Waals surface area contributed by atoms with Gasteiger partial charge in [-0.25, -0.2) is 4.79 Å². The molecule has 37 heavy (non-hydrogen) atoms. The molecule has 1 aliphatic rings. The first-order chi connectivity index (χ1) is 17.4. The molecule has 3 aromatic carbocycles. The van der Waals surface area contributed by atoms with E-state index in [4.69, 9.17) is 0 Å². The Balaban J connectivity index is 1.98. The fourth-order valence-electron chi connectivity index (χ4n) is 5.04. The molecule has 2 atom stereocenters. The molecular formula is C28H26F3N3O3. The molecule has 0 radical (unpaired) electrons. The van der Waals surface area contributed by atoms with E-state index in [1.165, 1.54) is 46.2 Å². The number of carbonyl (C=O) groups is 1. The Kier molecular flexibility index (Phi) is 6.65. The highest BCUT2D eigenvalue weighted by atomic mass is 19.4. The molecule has 6 nitrogen and oxygen atoms in total. The molecule has 2 amide bonds. The fourth-order valence-corrected chi connectivity index (χ4v) is 5.04. The fraction of sp³-hybridized carbons (Fsp3) is 0.286. The molecule has 0 spiro atoms. The van der Waals surface area contributed by atoms with Crippen LogP contribution < -0.4 is 14.5 Å². The number of nitriles is 1. The zero-order valence-electron chi connectivity index (χ0n) is 20.6. The van der Waals surface area contributed by atoms with Gasteiger partial charge in [-0.2, -0.15) is 5.26 Å². The van der Waals surface area contributed by atoms with Gasteiger partial charge in [-0.05, 0) is 68.8 Å². The molecule has 1 aliphatic heterocycles. The number of anilines is 2. The van der Waals surface area contributed by atoms with E-state index in [0.717, 1.165) is 17.7 Å². The summed E-state index contributed by atoms with van der Waals surface area (Å²) in [6.45, 7) is 5.53. The maximum absolute atomic E-state index is 14.2. The first kappa shape index (κ1) is 26.0. The minimum atomic E-state index is -4.93. The van der Waals surface area contributed by atoms with Gasteiger partial charge in [-0.15, -0.1) is 13.2 Å². The van der Waals surface area contributed by atoms with E-state index in [0.29, 0.717) is 24.1 Å². The molecule has 0 aromatic heterocycles. The normalized spacial score (nSPS) is 21.7. The number of aliphatic hydroxyl groups is 1. The maximum Gasteiger partial charge on any atom is 0.573 e. The first-order valence-corrected chi connectivity index (χ1v) is 11.7. The molecule has 0 aliphatic carbocycles. The average Bonchev–Trinajstić information content (AvgIpc) is 3.02. The number of rotatable bonds is 6. The summed E-state index contributed by atoms with van der Waals surface area (Å²) in [6, 6.07) is 19.8. The van der Waals surface area contributed by atoms with Crippen molar-refractivity contribution in [3.05, 3.63) is 89.5 Å². The summed E-state index contributed by atoms with van der Waals surface area (Å²) in [6.07, 6.45) is -4.05. The number of benzene rings is 3. The van der Waals surface area contributed by atoms with Crippen LogP contribution in [0.25, 0.3) is 0 Å². The van der Waals surface area contributed by atoms with Gasteiger partial charge >= 0.3 is 12.4 Å².